The van der Waals surface area contributed by atoms with Crippen LogP contribution >= 0.6 is 0 Å². The van der Waals surface area contributed by atoms with Crippen molar-refractivity contribution < 1.29 is 121 Å². The zero-order valence-electron chi connectivity index (χ0n) is 58.6. The van der Waals surface area contributed by atoms with E-state index >= 15 is 0 Å². The van der Waals surface area contributed by atoms with Gasteiger partial charge in [-0.25, -0.2) is 4.79 Å². The number of hydrogen-bond acceptors (Lipinski definition) is 25. The molecule has 1 aromatic rings. The van der Waals surface area contributed by atoms with E-state index in [0.29, 0.717) is 31.2 Å². The molecule has 97 heavy (non-hydrogen) atoms. The summed E-state index contributed by atoms with van der Waals surface area (Å²) in [6.45, 7) is 15.2. The standard InChI is InChI=1S/C72H116O25/c1-10-13-15-16-17-18-21-24-31-37-49(73)90-61-54(78)44(7)86-71(65(61)92-51(75)40-39-47-33-28-26-29-34-47)95-60-46(9)88-72(66(93-67(83)41(4)12-3)64(60)97-68-57(81)55(79)52(76)42(5)84-68)94-59-45(8)87-69-58(82)62(59)91-50(74)38-32-25-22-19-20-23-30-36-48(35-27-14-11-2)89-70-63(96-69)56(80)53(77)43(6)85-70/h26,28-29,33-34,39-46,48,52-66,68-72,76-82H,10-25,27,30-32,35-38H2,1-9H3/b40-39+/t41-,42-,43+,44-,45-,46-,48-,52-,53-,54-,55+,56-,57+,58+,59-,60-,61+,62-,63+,64+,65+,66+,68-,69-,70-,71-,72-/m0/s1. The van der Waals surface area contributed by atoms with E-state index in [1.165, 1.54) is 39.7 Å². The van der Waals surface area contributed by atoms with Crippen LogP contribution in [0.5, 0.6) is 0 Å². The van der Waals surface area contributed by atoms with Crippen LogP contribution in [0.15, 0.2) is 36.4 Å². The molecule has 554 valence electrons. The van der Waals surface area contributed by atoms with Crippen molar-refractivity contribution in [3.63, 3.8) is 0 Å². The molecular formula is C72H116O25. The third-order valence-electron chi connectivity index (χ3n) is 19.6. The molecule has 7 N–H and O–H groups in total. The van der Waals surface area contributed by atoms with Gasteiger partial charge in [0.25, 0.3) is 0 Å². The van der Waals surface area contributed by atoms with E-state index in [2.05, 4.69) is 13.8 Å². The summed E-state index contributed by atoms with van der Waals surface area (Å²) in [5, 5.41) is 81.3. The van der Waals surface area contributed by atoms with Crippen LogP contribution in [0.1, 0.15) is 222 Å². The molecule has 7 rings (SSSR count). The summed E-state index contributed by atoms with van der Waals surface area (Å²) >= 11 is 0. The fourth-order valence-electron chi connectivity index (χ4n) is 13.3. The summed E-state index contributed by atoms with van der Waals surface area (Å²) < 4.78 is 90.2. The Balaban J connectivity index is 1.25. The molecule has 25 nitrogen and oxygen atoms in total. The Morgan fingerprint density at radius 1 is 0.495 bits per heavy atom. The van der Waals surface area contributed by atoms with Crippen LogP contribution in [-0.4, -0.2) is 219 Å². The highest BCUT2D eigenvalue weighted by atomic mass is 16.8. The van der Waals surface area contributed by atoms with Crippen LogP contribution in [0, 0.1) is 5.92 Å². The number of aliphatic hydroxyl groups is 7. The molecule has 0 saturated carbocycles. The van der Waals surface area contributed by atoms with E-state index in [1.54, 1.807) is 52.0 Å². The number of unbranched alkanes of at least 4 members (excludes halogenated alkanes) is 10. The fourth-order valence-corrected chi connectivity index (χ4v) is 13.3. The van der Waals surface area contributed by atoms with Crippen molar-refractivity contribution in [2.24, 2.45) is 5.92 Å². The molecule has 2 bridgehead atoms. The summed E-state index contributed by atoms with van der Waals surface area (Å²) in [6, 6.07) is 8.89. The van der Waals surface area contributed by atoms with Gasteiger partial charge in [0.05, 0.1) is 42.5 Å². The van der Waals surface area contributed by atoms with Crippen LogP contribution in [0.25, 0.3) is 6.08 Å². The van der Waals surface area contributed by atoms with Crippen molar-refractivity contribution in [1.29, 1.82) is 0 Å². The molecule has 0 radical (unpaired) electrons. The summed E-state index contributed by atoms with van der Waals surface area (Å²) in [6.07, 6.45) is -17.6. The third kappa shape index (κ3) is 23.3. The quantitative estimate of drug-likeness (QED) is 0.0193. The molecule has 6 heterocycles. The second kappa shape index (κ2) is 40.7. The summed E-state index contributed by atoms with van der Waals surface area (Å²) in [5.41, 5.74) is 0.648. The van der Waals surface area contributed by atoms with Gasteiger partial charge in [0.15, 0.2) is 55.9 Å². The molecular weight excluding hydrogens is 1260 g/mol. The zero-order chi connectivity index (χ0) is 70.3. The van der Waals surface area contributed by atoms with Crippen molar-refractivity contribution in [2.45, 2.75) is 376 Å². The molecule has 0 aliphatic carbocycles. The van der Waals surface area contributed by atoms with E-state index in [4.69, 9.17) is 66.3 Å². The minimum absolute atomic E-state index is 0.0162. The average molecular weight is 1380 g/mol. The lowest BCUT2D eigenvalue weighted by molar-refractivity contribution is -0.399. The Labute approximate surface area is 573 Å². The molecule has 6 saturated heterocycles. The lowest BCUT2D eigenvalue weighted by atomic mass is 9.95. The van der Waals surface area contributed by atoms with Crippen molar-refractivity contribution in [3.05, 3.63) is 42.0 Å². The van der Waals surface area contributed by atoms with E-state index in [-0.39, 0.29) is 25.4 Å². The van der Waals surface area contributed by atoms with Crippen LogP contribution in [0.4, 0.5) is 0 Å². The Morgan fingerprint density at radius 3 is 1.72 bits per heavy atom. The number of aliphatic hydroxyl groups excluding tert-OH is 7. The maximum absolute atomic E-state index is 14.5. The average Bonchev–Trinajstić information content (AvgIpc) is 0.804. The van der Waals surface area contributed by atoms with Gasteiger partial charge >= 0.3 is 23.9 Å². The van der Waals surface area contributed by atoms with E-state index < -0.39 is 183 Å². The van der Waals surface area contributed by atoms with Gasteiger partial charge in [-0.1, -0.05) is 167 Å². The van der Waals surface area contributed by atoms with Crippen LogP contribution in [-0.2, 0) is 85.5 Å². The van der Waals surface area contributed by atoms with Gasteiger partial charge in [0.2, 0.25) is 0 Å². The Kier molecular flexibility index (Phi) is 33.8. The minimum Gasteiger partial charge on any atom is -0.456 e. The molecule has 6 aliphatic rings. The SMILES string of the molecule is CCCCCCCCCCCC(=O)O[C@@H]1[C@@H](O)[C@H](C)O[C@@H](O[C@@H]2[C@@H](O[C@@H]3O[C@@H](C)[C@H](O)[C@@H](O)[C@H]3O)[C@@H](OC(=O)[C@@H](C)CC)[C@H](O[C@@H]3[C@H]4OC(=O)CCCCCCCCC[C@H](CCCCC)O[C@@H]5O[C@H](C)[C@H](O)[C@H](O)[C@H]5O[C@H](O[C@H]3C)[C@@H]4O)O[C@H]2C)[C@@H]1OC(=O)/C=C/c1ccccc1. The molecule has 6 fully saturated rings. The summed E-state index contributed by atoms with van der Waals surface area (Å²) in [5.74, 6) is -3.93. The fraction of sp³-hybridized carbons (Fsp3) is 0.833. The number of carbonyl (C=O) groups excluding carboxylic acids is 4. The van der Waals surface area contributed by atoms with Crippen LogP contribution < -0.4 is 0 Å². The molecule has 1 aromatic carbocycles. The van der Waals surface area contributed by atoms with Gasteiger partial charge in [-0.3, -0.25) is 14.4 Å². The van der Waals surface area contributed by atoms with Crippen molar-refractivity contribution in [2.75, 3.05) is 0 Å². The lowest BCUT2D eigenvalue weighted by Gasteiger charge is -2.51. The molecule has 25 heteroatoms. The first-order chi connectivity index (χ1) is 46.5. The van der Waals surface area contributed by atoms with E-state index in [1.807, 2.05) is 6.07 Å². The van der Waals surface area contributed by atoms with Crippen molar-refractivity contribution >= 4 is 30.0 Å². The summed E-state index contributed by atoms with van der Waals surface area (Å²) in [4.78, 5) is 56.5. The van der Waals surface area contributed by atoms with E-state index in [0.717, 1.165) is 102 Å². The predicted molar refractivity (Wildman–Crippen MR) is 350 cm³/mol. The highest BCUT2D eigenvalue weighted by molar-refractivity contribution is 5.87. The Hall–Kier alpha value is -3.84. The normalized spacial score (nSPS) is 38.5. The first-order valence-corrected chi connectivity index (χ1v) is 36.4. The first kappa shape index (κ1) is 80.5. The maximum Gasteiger partial charge on any atom is 0.331 e. The van der Waals surface area contributed by atoms with Gasteiger partial charge in [-0.2, -0.15) is 0 Å². The second-order valence-corrected chi connectivity index (χ2v) is 27.5. The largest absolute Gasteiger partial charge is 0.456 e. The maximum atomic E-state index is 14.5. The van der Waals surface area contributed by atoms with Crippen LogP contribution in [0.3, 0.4) is 0 Å². The predicted octanol–water partition coefficient (Wildman–Crippen LogP) is 7.60. The van der Waals surface area contributed by atoms with Crippen LogP contribution in [0.2, 0.25) is 0 Å². The smallest absolute Gasteiger partial charge is 0.331 e. The van der Waals surface area contributed by atoms with Gasteiger partial charge < -0.3 is 102 Å². The molecule has 27 atom stereocenters. The van der Waals surface area contributed by atoms with Gasteiger partial charge in [0.1, 0.15) is 67.1 Å². The third-order valence-corrected chi connectivity index (χ3v) is 19.6. The zero-order valence-corrected chi connectivity index (χ0v) is 58.6. The second-order valence-electron chi connectivity index (χ2n) is 27.5. The number of carbonyl (C=O) groups is 4. The van der Waals surface area contributed by atoms with Crippen molar-refractivity contribution in [3.8, 4) is 0 Å². The summed E-state index contributed by atoms with van der Waals surface area (Å²) in [7, 11) is 0. The molecule has 0 amide bonds. The topological polar surface area (TPSA) is 339 Å². The highest BCUT2D eigenvalue weighted by Crippen LogP contribution is 2.40. The van der Waals surface area contributed by atoms with Crippen molar-refractivity contribution in [1.82, 2.24) is 0 Å². The number of fused-ring (bicyclic) bond motifs is 3. The Morgan fingerprint density at radius 2 is 1.04 bits per heavy atom. The van der Waals surface area contributed by atoms with Gasteiger partial charge in [0, 0.05) is 18.9 Å². The molecule has 0 spiro atoms. The Bertz CT molecular complexity index is 2490. The molecule has 0 unspecified atom stereocenters. The monoisotopic (exact) mass is 1380 g/mol. The number of ether oxygens (including phenoxy) is 14. The number of hydrogen-bond donors (Lipinski definition) is 7. The van der Waals surface area contributed by atoms with E-state index in [9.17, 15) is 54.9 Å². The highest BCUT2D eigenvalue weighted by Gasteiger charge is 2.59. The number of rotatable bonds is 27. The molecule has 0 aromatic heterocycles. The minimum atomic E-state index is -1.96. The first-order valence-electron chi connectivity index (χ1n) is 36.4. The lowest BCUT2D eigenvalue weighted by Crippen LogP contribution is -2.68. The van der Waals surface area contributed by atoms with Gasteiger partial charge in [-0.05, 0) is 78.4 Å². The van der Waals surface area contributed by atoms with Gasteiger partial charge in [-0.15, -0.1) is 0 Å². The number of benzene rings is 1. The molecule has 6 aliphatic heterocycles. The number of esters is 4.